The summed E-state index contributed by atoms with van der Waals surface area (Å²) in [5.41, 5.74) is 4.54. The minimum Gasteiger partial charge on any atom is -0.481 e. The number of hydrogen-bond donors (Lipinski definition) is 2. The van der Waals surface area contributed by atoms with Crippen molar-refractivity contribution in [3.05, 3.63) is 12.2 Å². The lowest BCUT2D eigenvalue weighted by Crippen LogP contribution is -2.54. The molecule has 0 aromatic rings. The van der Waals surface area contributed by atoms with Crippen LogP contribution in [0.15, 0.2) is 12.2 Å². The van der Waals surface area contributed by atoms with Crippen molar-refractivity contribution in [2.24, 2.45) is 28.9 Å². The zero-order chi connectivity index (χ0) is 26.4. The number of carboxylic acid groups (broad SMARTS) is 1. The van der Waals surface area contributed by atoms with Crippen molar-refractivity contribution < 1.29 is 24.2 Å². The molecule has 5 atom stereocenters. The molecule has 0 spiro atoms. The molecule has 3 N–H and O–H groups in total. The number of primary amides is 1. The van der Waals surface area contributed by atoms with Gasteiger partial charge < -0.3 is 15.6 Å². The molecule has 1 fully saturated rings. The first-order chi connectivity index (χ1) is 17.4. The number of carbonyl (C=O) groups excluding carboxylic acids is 2. The Kier molecular flexibility index (Phi) is 13.6. The molecule has 206 valence electrons. The Morgan fingerprint density at radius 3 is 2.11 bits per heavy atom. The van der Waals surface area contributed by atoms with Crippen LogP contribution in [0.5, 0.6) is 0 Å². The van der Waals surface area contributed by atoms with Gasteiger partial charge in [-0.05, 0) is 38.0 Å². The zero-order valence-corrected chi connectivity index (χ0v) is 22.8. The van der Waals surface area contributed by atoms with Crippen LogP contribution < -0.4 is 5.73 Å². The highest BCUT2D eigenvalue weighted by atomic mass is 16.6. The molecule has 1 heterocycles. The highest BCUT2D eigenvalue weighted by molar-refractivity contribution is 5.87. The zero-order valence-electron chi connectivity index (χ0n) is 22.8. The lowest BCUT2D eigenvalue weighted by molar-refractivity contribution is -0.191. The van der Waals surface area contributed by atoms with Gasteiger partial charge in [0, 0.05) is 0 Å². The number of rotatable bonds is 20. The highest BCUT2D eigenvalue weighted by Gasteiger charge is 2.56. The maximum Gasteiger partial charge on any atom is 0.313 e. The Morgan fingerprint density at radius 1 is 0.972 bits per heavy atom. The van der Waals surface area contributed by atoms with Gasteiger partial charge in [0.15, 0.2) is 0 Å². The normalized spacial score (nSPS) is 26.3. The van der Waals surface area contributed by atoms with Crippen LogP contribution in [0.1, 0.15) is 129 Å². The average molecular weight is 506 g/mol. The van der Waals surface area contributed by atoms with E-state index in [0.29, 0.717) is 19.3 Å². The molecule has 1 aliphatic carbocycles. The van der Waals surface area contributed by atoms with E-state index in [1.165, 1.54) is 38.5 Å². The molecule has 1 aliphatic heterocycles. The van der Waals surface area contributed by atoms with Crippen LogP contribution in [0.2, 0.25) is 0 Å². The molecule has 2 aliphatic rings. The van der Waals surface area contributed by atoms with Gasteiger partial charge in [-0.15, -0.1) is 0 Å². The standard InChI is InChI=1S/C30H51NO5/c1-3-5-7-9-10-11-12-13-14-18-23(22-26-24(28(33)36-26)19-15-8-6-4-2)30(29(34)35)21-17-16-20-25(30)27(31)32/h16-17,23-26H,3-15,18-22H2,1-2H3,(H2,31,32)(H,34,35)/t23-,24-,25?,26-,30?/m0/s1. The fourth-order valence-electron chi connectivity index (χ4n) is 6.37. The molecule has 1 amide bonds. The summed E-state index contributed by atoms with van der Waals surface area (Å²) < 4.78 is 5.58. The average Bonchev–Trinajstić information content (AvgIpc) is 2.85. The number of cyclic esters (lactones) is 1. The third-order valence-corrected chi connectivity index (χ3v) is 8.65. The highest BCUT2D eigenvalue weighted by Crippen LogP contribution is 2.50. The topological polar surface area (TPSA) is 107 Å². The van der Waals surface area contributed by atoms with Gasteiger partial charge in [-0.2, -0.15) is 0 Å². The summed E-state index contributed by atoms with van der Waals surface area (Å²) in [5, 5.41) is 10.5. The van der Waals surface area contributed by atoms with Crippen molar-refractivity contribution in [2.45, 2.75) is 136 Å². The molecule has 2 rings (SSSR count). The second kappa shape index (κ2) is 16.1. The first-order valence-corrected chi connectivity index (χ1v) is 14.8. The number of aliphatic carboxylic acids is 1. The van der Waals surface area contributed by atoms with E-state index < -0.39 is 23.2 Å². The number of carbonyl (C=O) groups is 3. The van der Waals surface area contributed by atoms with Crippen LogP contribution in [0.3, 0.4) is 0 Å². The minimum absolute atomic E-state index is 0.149. The Balaban J connectivity index is 2.06. The van der Waals surface area contributed by atoms with Crippen molar-refractivity contribution in [3.8, 4) is 0 Å². The minimum atomic E-state index is -1.23. The Labute approximate surface area is 218 Å². The molecule has 0 radical (unpaired) electrons. The lowest BCUT2D eigenvalue weighted by Gasteiger charge is -2.46. The molecule has 0 aromatic heterocycles. The summed E-state index contributed by atoms with van der Waals surface area (Å²) in [5.74, 6) is -2.77. The van der Waals surface area contributed by atoms with Gasteiger partial charge in [-0.3, -0.25) is 14.4 Å². The van der Waals surface area contributed by atoms with Crippen LogP contribution in [-0.4, -0.2) is 29.1 Å². The van der Waals surface area contributed by atoms with Crippen molar-refractivity contribution in [1.29, 1.82) is 0 Å². The van der Waals surface area contributed by atoms with E-state index in [1.807, 2.05) is 12.2 Å². The molecular formula is C30H51NO5. The quantitative estimate of drug-likeness (QED) is 0.106. The lowest BCUT2D eigenvalue weighted by atomic mass is 9.58. The van der Waals surface area contributed by atoms with Crippen molar-refractivity contribution in [3.63, 3.8) is 0 Å². The van der Waals surface area contributed by atoms with Crippen molar-refractivity contribution in [2.75, 3.05) is 0 Å². The molecule has 6 heteroatoms. The van der Waals surface area contributed by atoms with Gasteiger partial charge in [-0.1, -0.05) is 109 Å². The molecule has 36 heavy (non-hydrogen) atoms. The van der Waals surface area contributed by atoms with Crippen molar-refractivity contribution in [1.82, 2.24) is 0 Å². The first-order valence-electron chi connectivity index (χ1n) is 14.8. The number of nitrogens with two attached hydrogens (primary N) is 1. The second-order valence-electron chi connectivity index (χ2n) is 11.2. The van der Waals surface area contributed by atoms with E-state index >= 15 is 0 Å². The number of unbranched alkanes of at least 4 members (excludes halogenated alkanes) is 11. The largest absolute Gasteiger partial charge is 0.481 e. The molecular weight excluding hydrogens is 454 g/mol. The predicted octanol–water partition coefficient (Wildman–Crippen LogP) is 6.95. The Morgan fingerprint density at radius 2 is 1.56 bits per heavy atom. The van der Waals surface area contributed by atoms with Crippen LogP contribution in [0.4, 0.5) is 0 Å². The maximum atomic E-state index is 12.8. The molecule has 6 nitrogen and oxygen atoms in total. The summed E-state index contributed by atoms with van der Waals surface area (Å²) in [6, 6.07) is 0. The van der Waals surface area contributed by atoms with Gasteiger partial charge in [0.2, 0.25) is 5.91 Å². The molecule has 0 saturated carbocycles. The van der Waals surface area contributed by atoms with E-state index in [-0.39, 0.29) is 23.9 Å². The third kappa shape index (κ3) is 8.34. The monoisotopic (exact) mass is 505 g/mol. The van der Waals surface area contributed by atoms with E-state index in [9.17, 15) is 19.5 Å². The van der Waals surface area contributed by atoms with Gasteiger partial charge in [0.25, 0.3) is 0 Å². The maximum absolute atomic E-state index is 12.8. The van der Waals surface area contributed by atoms with Crippen LogP contribution in [0, 0.1) is 23.2 Å². The first kappa shape index (κ1) is 30.4. The van der Waals surface area contributed by atoms with E-state index in [0.717, 1.165) is 57.8 Å². The van der Waals surface area contributed by atoms with E-state index in [2.05, 4.69) is 13.8 Å². The number of carboxylic acids is 1. The molecule has 2 unspecified atom stereocenters. The second-order valence-corrected chi connectivity index (χ2v) is 11.2. The summed E-state index contributed by atoms with van der Waals surface area (Å²) in [6.45, 7) is 4.39. The van der Waals surface area contributed by atoms with Crippen LogP contribution in [-0.2, 0) is 19.1 Å². The number of amides is 1. The van der Waals surface area contributed by atoms with Gasteiger partial charge >= 0.3 is 11.9 Å². The third-order valence-electron chi connectivity index (χ3n) is 8.65. The molecule has 0 bridgehead atoms. The summed E-state index contributed by atoms with van der Waals surface area (Å²) in [4.78, 5) is 37.5. The summed E-state index contributed by atoms with van der Waals surface area (Å²) in [7, 11) is 0. The number of allylic oxidation sites excluding steroid dienone is 2. The number of hydrogen-bond acceptors (Lipinski definition) is 4. The van der Waals surface area contributed by atoms with Crippen molar-refractivity contribution >= 4 is 17.8 Å². The van der Waals surface area contributed by atoms with Gasteiger partial charge in [0.05, 0.1) is 17.3 Å². The van der Waals surface area contributed by atoms with Crippen LogP contribution in [0.25, 0.3) is 0 Å². The van der Waals surface area contributed by atoms with Gasteiger partial charge in [-0.25, -0.2) is 0 Å². The smallest absolute Gasteiger partial charge is 0.313 e. The summed E-state index contributed by atoms with van der Waals surface area (Å²) in [6.07, 6.45) is 21.4. The Bertz CT molecular complexity index is 720. The van der Waals surface area contributed by atoms with E-state index in [1.54, 1.807) is 0 Å². The SMILES string of the molecule is CCCCCCCCCCC[C@@H](C[C@@H]1OC(=O)[C@H]1CCCCCC)C1(C(=O)O)CC=CCC1C(N)=O. The number of ether oxygens (including phenoxy) is 1. The van der Waals surface area contributed by atoms with E-state index in [4.69, 9.17) is 10.5 Å². The fraction of sp³-hybridized carbons (Fsp3) is 0.833. The Hall–Kier alpha value is -1.85. The van der Waals surface area contributed by atoms with Crippen LogP contribution >= 0.6 is 0 Å². The molecule has 1 saturated heterocycles. The molecule has 0 aromatic carbocycles. The summed E-state index contributed by atoms with van der Waals surface area (Å²) >= 11 is 0. The number of esters is 1. The van der Waals surface area contributed by atoms with Gasteiger partial charge in [0.1, 0.15) is 6.10 Å². The fourth-order valence-corrected chi connectivity index (χ4v) is 6.37. The predicted molar refractivity (Wildman–Crippen MR) is 143 cm³/mol.